The second-order valence-electron chi connectivity index (χ2n) is 7.91. The summed E-state index contributed by atoms with van der Waals surface area (Å²) in [4.78, 5) is 2.31. The molecule has 2 heterocycles. The van der Waals surface area contributed by atoms with Gasteiger partial charge in [0, 0.05) is 31.1 Å². The summed E-state index contributed by atoms with van der Waals surface area (Å²) in [5, 5.41) is 0. The van der Waals surface area contributed by atoms with Crippen LogP contribution in [0.25, 0.3) is 0 Å². The predicted octanol–water partition coefficient (Wildman–Crippen LogP) is 2.80. The molecular weight excluding hydrogens is 308 g/mol. The molecule has 6 heteroatoms. The summed E-state index contributed by atoms with van der Waals surface area (Å²) in [5.41, 5.74) is 1.56. The molecule has 0 spiro atoms. The summed E-state index contributed by atoms with van der Waals surface area (Å²) in [5.74, 6) is 0. The van der Waals surface area contributed by atoms with Gasteiger partial charge in [0.25, 0.3) is 0 Å². The van der Waals surface area contributed by atoms with Crippen molar-refractivity contribution < 1.29 is 13.9 Å². The standard InChI is InChI=1S/C17H27BNO3P/c1-16(2)17(3,4)22-18(21-16)14-7-6-8-15(13-14)19-9-11-23(5,20)12-10-19/h6-8,13H,9-12H2,1-5H3. The summed E-state index contributed by atoms with van der Waals surface area (Å²) in [6.07, 6.45) is 1.60. The normalized spacial score (nSPS) is 25.6. The van der Waals surface area contributed by atoms with Crippen LogP contribution in [0, 0.1) is 0 Å². The third-order valence-corrected chi connectivity index (χ3v) is 7.74. The van der Waals surface area contributed by atoms with Crippen molar-refractivity contribution in [3.8, 4) is 0 Å². The molecule has 0 aliphatic carbocycles. The molecule has 3 rings (SSSR count). The van der Waals surface area contributed by atoms with E-state index in [4.69, 9.17) is 9.31 Å². The Bertz CT molecular complexity index is 618. The summed E-state index contributed by atoms with van der Waals surface area (Å²) >= 11 is 0. The van der Waals surface area contributed by atoms with E-state index in [-0.39, 0.29) is 18.3 Å². The van der Waals surface area contributed by atoms with Gasteiger partial charge in [0.15, 0.2) is 0 Å². The van der Waals surface area contributed by atoms with Gasteiger partial charge in [-0.05, 0) is 52.0 Å². The molecule has 0 radical (unpaired) electrons. The monoisotopic (exact) mass is 335 g/mol. The van der Waals surface area contributed by atoms with Crippen LogP contribution in [-0.2, 0) is 13.9 Å². The quantitative estimate of drug-likeness (QED) is 0.615. The van der Waals surface area contributed by atoms with Crippen LogP contribution in [0.1, 0.15) is 27.7 Å². The lowest BCUT2D eigenvalue weighted by Crippen LogP contribution is -2.41. The van der Waals surface area contributed by atoms with Crippen LogP contribution >= 0.6 is 7.14 Å². The van der Waals surface area contributed by atoms with Crippen LogP contribution in [0.4, 0.5) is 5.69 Å². The second-order valence-corrected chi connectivity index (χ2v) is 11.4. The van der Waals surface area contributed by atoms with Gasteiger partial charge in [-0.3, -0.25) is 0 Å². The summed E-state index contributed by atoms with van der Waals surface area (Å²) in [6, 6.07) is 8.37. The number of anilines is 1. The zero-order valence-corrected chi connectivity index (χ0v) is 15.7. The fourth-order valence-corrected chi connectivity index (χ4v) is 4.55. The minimum absolute atomic E-state index is 0.326. The maximum Gasteiger partial charge on any atom is 0.494 e. The fourth-order valence-electron chi connectivity index (χ4n) is 2.99. The molecule has 0 unspecified atom stereocenters. The highest BCUT2D eigenvalue weighted by molar-refractivity contribution is 7.63. The van der Waals surface area contributed by atoms with Gasteiger partial charge < -0.3 is 18.8 Å². The average molecular weight is 335 g/mol. The van der Waals surface area contributed by atoms with E-state index in [1.54, 1.807) is 0 Å². The van der Waals surface area contributed by atoms with Gasteiger partial charge >= 0.3 is 7.12 Å². The van der Waals surface area contributed by atoms with Gasteiger partial charge in [-0.25, -0.2) is 0 Å². The molecule has 0 amide bonds. The van der Waals surface area contributed by atoms with Crippen molar-refractivity contribution in [2.24, 2.45) is 0 Å². The van der Waals surface area contributed by atoms with Crippen molar-refractivity contribution in [3.05, 3.63) is 24.3 Å². The van der Waals surface area contributed by atoms with Crippen LogP contribution in [0.3, 0.4) is 0 Å². The van der Waals surface area contributed by atoms with Gasteiger partial charge in [-0.1, -0.05) is 12.1 Å². The van der Waals surface area contributed by atoms with Crippen molar-refractivity contribution >= 4 is 25.4 Å². The van der Waals surface area contributed by atoms with Gasteiger partial charge in [-0.15, -0.1) is 0 Å². The molecular formula is C17H27BNO3P. The van der Waals surface area contributed by atoms with Crippen molar-refractivity contribution in [3.63, 3.8) is 0 Å². The topological polar surface area (TPSA) is 38.8 Å². The maximum atomic E-state index is 12.2. The van der Waals surface area contributed by atoms with Crippen molar-refractivity contribution in [1.82, 2.24) is 0 Å². The third kappa shape index (κ3) is 3.38. The Morgan fingerprint density at radius 2 is 1.65 bits per heavy atom. The molecule has 2 aliphatic rings. The van der Waals surface area contributed by atoms with Gasteiger partial charge in [0.05, 0.1) is 18.3 Å². The predicted molar refractivity (Wildman–Crippen MR) is 97.6 cm³/mol. The summed E-state index contributed by atoms with van der Waals surface area (Å²) < 4.78 is 24.4. The van der Waals surface area contributed by atoms with Crippen molar-refractivity contribution in [2.75, 3.05) is 37.0 Å². The first kappa shape index (κ1) is 17.1. The Balaban J connectivity index is 1.78. The smallest absolute Gasteiger partial charge is 0.399 e. The maximum absolute atomic E-state index is 12.2. The lowest BCUT2D eigenvalue weighted by Gasteiger charge is -2.32. The molecule has 0 saturated carbocycles. The molecule has 23 heavy (non-hydrogen) atoms. The Labute approximate surface area is 140 Å². The van der Waals surface area contributed by atoms with E-state index in [2.05, 4.69) is 56.9 Å². The Morgan fingerprint density at radius 3 is 2.22 bits per heavy atom. The lowest BCUT2D eigenvalue weighted by atomic mass is 9.79. The molecule has 4 nitrogen and oxygen atoms in total. The fraction of sp³-hybridized carbons (Fsp3) is 0.647. The largest absolute Gasteiger partial charge is 0.494 e. The van der Waals surface area contributed by atoms with E-state index >= 15 is 0 Å². The number of nitrogens with zero attached hydrogens (tertiary/aromatic N) is 1. The van der Waals surface area contributed by atoms with E-state index in [9.17, 15) is 4.57 Å². The van der Waals surface area contributed by atoms with E-state index in [0.29, 0.717) is 0 Å². The van der Waals surface area contributed by atoms with Gasteiger partial charge in [-0.2, -0.15) is 0 Å². The highest BCUT2D eigenvalue weighted by atomic mass is 31.2. The minimum atomic E-state index is -1.90. The molecule has 2 fully saturated rings. The van der Waals surface area contributed by atoms with Crippen LogP contribution in [0.15, 0.2) is 24.3 Å². The SMILES string of the molecule is CC1(C)OB(c2cccc(N3CCP(C)(=O)CC3)c2)OC1(C)C. The van der Waals surface area contributed by atoms with Crippen molar-refractivity contribution in [1.29, 1.82) is 0 Å². The zero-order valence-electron chi connectivity index (χ0n) is 14.8. The van der Waals surface area contributed by atoms with E-state index in [0.717, 1.165) is 36.6 Å². The first-order valence-electron chi connectivity index (χ1n) is 8.36. The highest BCUT2D eigenvalue weighted by Crippen LogP contribution is 2.43. The molecule has 0 atom stereocenters. The second kappa shape index (κ2) is 5.65. The number of rotatable bonds is 2. The van der Waals surface area contributed by atoms with Crippen molar-refractivity contribution in [2.45, 2.75) is 38.9 Å². The molecule has 1 aromatic rings. The Kier molecular flexibility index (Phi) is 4.19. The molecule has 126 valence electrons. The number of hydrogen-bond donors (Lipinski definition) is 0. The molecule has 2 saturated heterocycles. The van der Waals surface area contributed by atoms with E-state index in [1.807, 2.05) is 6.66 Å². The minimum Gasteiger partial charge on any atom is -0.399 e. The molecule has 0 N–H and O–H groups in total. The van der Waals surface area contributed by atoms with Crippen LogP contribution < -0.4 is 10.4 Å². The van der Waals surface area contributed by atoms with Crippen LogP contribution in [0.5, 0.6) is 0 Å². The molecule has 0 bridgehead atoms. The third-order valence-electron chi connectivity index (χ3n) is 5.45. The van der Waals surface area contributed by atoms with E-state index in [1.165, 1.54) is 0 Å². The summed E-state index contributed by atoms with van der Waals surface area (Å²) in [7, 11) is -2.23. The molecule has 2 aliphatic heterocycles. The number of benzene rings is 1. The highest BCUT2D eigenvalue weighted by Gasteiger charge is 2.51. The first-order valence-corrected chi connectivity index (χ1v) is 10.9. The average Bonchev–Trinajstić information content (AvgIpc) is 2.68. The molecule has 0 aromatic heterocycles. The lowest BCUT2D eigenvalue weighted by molar-refractivity contribution is 0.00578. The summed E-state index contributed by atoms with van der Waals surface area (Å²) in [6.45, 7) is 11.9. The Hall–Kier alpha value is -0.765. The van der Waals surface area contributed by atoms with Crippen LogP contribution in [0.2, 0.25) is 0 Å². The molecule has 1 aromatic carbocycles. The van der Waals surface area contributed by atoms with E-state index < -0.39 is 7.14 Å². The van der Waals surface area contributed by atoms with Gasteiger partial charge in [0.1, 0.15) is 0 Å². The first-order chi connectivity index (χ1) is 10.6. The van der Waals surface area contributed by atoms with Gasteiger partial charge in [0.2, 0.25) is 0 Å². The number of hydrogen-bond acceptors (Lipinski definition) is 4. The van der Waals surface area contributed by atoms with Crippen LogP contribution in [-0.4, -0.2) is 50.4 Å². The Morgan fingerprint density at radius 1 is 1.09 bits per heavy atom. The zero-order chi connectivity index (χ0) is 16.9.